The van der Waals surface area contributed by atoms with Crippen molar-refractivity contribution < 1.29 is 23.8 Å². The summed E-state index contributed by atoms with van der Waals surface area (Å²) in [6.07, 6.45) is 0. The van der Waals surface area contributed by atoms with E-state index in [1.165, 1.54) is 0 Å². The van der Waals surface area contributed by atoms with Crippen LogP contribution in [0.4, 0.5) is 5.69 Å². The molecule has 0 bridgehead atoms. The predicted molar refractivity (Wildman–Crippen MR) is 94.1 cm³/mol. The van der Waals surface area contributed by atoms with Crippen LogP contribution in [0.15, 0.2) is 48.5 Å². The molecule has 132 valence electrons. The highest BCUT2D eigenvalue weighted by molar-refractivity contribution is 5.95. The van der Waals surface area contributed by atoms with E-state index >= 15 is 0 Å². The Bertz CT molecular complexity index is 715. The highest BCUT2D eigenvalue weighted by Gasteiger charge is 2.14. The Kier molecular flexibility index (Phi) is 6.83. The number of amides is 1. The van der Waals surface area contributed by atoms with Gasteiger partial charge in [-0.15, -0.1) is 0 Å². The standard InChI is InChI=1S/C19H21NO5/c1-3-23-16-11-10-14(12-17(16)24-4-2)19(22)25-13-18(21)20-15-8-6-5-7-9-15/h5-12H,3-4,13H2,1-2H3,(H,20,21). The number of esters is 1. The normalized spacial score (nSPS) is 10.0. The van der Waals surface area contributed by atoms with Gasteiger partial charge < -0.3 is 19.5 Å². The second-order valence-corrected chi connectivity index (χ2v) is 5.02. The summed E-state index contributed by atoms with van der Waals surface area (Å²) >= 11 is 0. The van der Waals surface area contributed by atoms with Gasteiger partial charge in [0.25, 0.3) is 5.91 Å². The second-order valence-electron chi connectivity index (χ2n) is 5.02. The molecule has 0 atom stereocenters. The molecule has 0 heterocycles. The zero-order valence-corrected chi connectivity index (χ0v) is 14.3. The molecule has 25 heavy (non-hydrogen) atoms. The molecule has 2 aromatic rings. The van der Waals surface area contributed by atoms with Crippen LogP contribution in [-0.4, -0.2) is 31.7 Å². The fraction of sp³-hybridized carbons (Fsp3) is 0.263. The first kappa shape index (κ1) is 18.3. The van der Waals surface area contributed by atoms with E-state index in [0.29, 0.717) is 36.0 Å². The molecule has 6 heteroatoms. The van der Waals surface area contributed by atoms with Gasteiger partial charge in [0.2, 0.25) is 0 Å². The molecule has 0 spiro atoms. The molecule has 6 nitrogen and oxygen atoms in total. The first-order valence-corrected chi connectivity index (χ1v) is 8.05. The lowest BCUT2D eigenvalue weighted by Crippen LogP contribution is -2.20. The van der Waals surface area contributed by atoms with Gasteiger partial charge in [-0.1, -0.05) is 18.2 Å². The van der Waals surface area contributed by atoms with E-state index in [4.69, 9.17) is 14.2 Å². The highest BCUT2D eigenvalue weighted by Crippen LogP contribution is 2.28. The Morgan fingerprint density at radius 2 is 1.60 bits per heavy atom. The van der Waals surface area contributed by atoms with Crippen LogP contribution in [0.3, 0.4) is 0 Å². The van der Waals surface area contributed by atoms with Crippen LogP contribution in [0.1, 0.15) is 24.2 Å². The van der Waals surface area contributed by atoms with Crippen molar-refractivity contribution in [1.29, 1.82) is 0 Å². The third-order valence-electron chi connectivity index (χ3n) is 3.17. The van der Waals surface area contributed by atoms with Crippen molar-refractivity contribution in [3.63, 3.8) is 0 Å². The summed E-state index contributed by atoms with van der Waals surface area (Å²) in [5, 5.41) is 2.65. The van der Waals surface area contributed by atoms with Crippen LogP contribution in [0.5, 0.6) is 11.5 Å². The molecule has 0 fully saturated rings. The number of carbonyl (C=O) groups is 2. The summed E-state index contributed by atoms with van der Waals surface area (Å²) in [6, 6.07) is 13.7. The fourth-order valence-electron chi connectivity index (χ4n) is 2.11. The molecule has 1 amide bonds. The lowest BCUT2D eigenvalue weighted by molar-refractivity contribution is -0.119. The van der Waals surface area contributed by atoms with Crippen LogP contribution in [-0.2, 0) is 9.53 Å². The smallest absolute Gasteiger partial charge is 0.338 e. The lowest BCUT2D eigenvalue weighted by atomic mass is 10.2. The van der Waals surface area contributed by atoms with Crippen LogP contribution < -0.4 is 14.8 Å². The molecule has 0 aliphatic heterocycles. The maximum atomic E-state index is 12.1. The largest absolute Gasteiger partial charge is 0.490 e. The summed E-state index contributed by atoms with van der Waals surface area (Å²) in [7, 11) is 0. The molecule has 2 rings (SSSR count). The fourth-order valence-corrected chi connectivity index (χ4v) is 2.11. The molecule has 0 unspecified atom stereocenters. The SMILES string of the molecule is CCOc1ccc(C(=O)OCC(=O)Nc2ccccc2)cc1OCC. The van der Waals surface area contributed by atoms with Gasteiger partial charge in [-0.2, -0.15) is 0 Å². The average molecular weight is 343 g/mol. The van der Waals surface area contributed by atoms with Crippen molar-refractivity contribution in [2.45, 2.75) is 13.8 Å². The van der Waals surface area contributed by atoms with Crippen LogP contribution in [0.2, 0.25) is 0 Å². The van der Waals surface area contributed by atoms with Gasteiger partial charge >= 0.3 is 5.97 Å². The number of carbonyl (C=O) groups excluding carboxylic acids is 2. The van der Waals surface area contributed by atoms with Gasteiger partial charge in [0.05, 0.1) is 18.8 Å². The second kappa shape index (κ2) is 9.32. The number of hydrogen-bond acceptors (Lipinski definition) is 5. The Balaban J connectivity index is 1.95. The molecule has 0 saturated heterocycles. The number of benzene rings is 2. The molecule has 0 aromatic heterocycles. The summed E-state index contributed by atoms with van der Waals surface area (Å²) in [6.45, 7) is 4.27. The maximum absolute atomic E-state index is 12.1. The van der Waals surface area contributed by atoms with E-state index in [1.54, 1.807) is 42.5 Å². The quantitative estimate of drug-likeness (QED) is 0.745. The van der Waals surface area contributed by atoms with E-state index in [9.17, 15) is 9.59 Å². The Morgan fingerprint density at radius 3 is 2.28 bits per heavy atom. The number of rotatable bonds is 8. The molecule has 0 aliphatic rings. The van der Waals surface area contributed by atoms with Gasteiger partial charge in [-0.25, -0.2) is 4.79 Å². The number of ether oxygens (including phenoxy) is 3. The summed E-state index contributed by atoms with van der Waals surface area (Å²) < 4.78 is 16.0. The topological polar surface area (TPSA) is 73.9 Å². The first-order valence-electron chi connectivity index (χ1n) is 8.05. The minimum absolute atomic E-state index is 0.291. The van der Waals surface area contributed by atoms with Gasteiger partial charge in [-0.05, 0) is 44.2 Å². The van der Waals surface area contributed by atoms with Gasteiger partial charge in [0.15, 0.2) is 18.1 Å². The summed E-state index contributed by atoms with van der Waals surface area (Å²) in [5.74, 6) is 0.0120. The first-order chi connectivity index (χ1) is 12.1. The number of nitrogens with one attached hydrogen (secondary N) is 1. The van der Waals surface area contributed by atoms with Crippen LogP contribution in [0.25, 0.3) is 0 Å². The Morgan fingerprint density at radius 1 is 0.920 bits per heavy atom. The number of para-hydroxylation sites is 1. The lowest BCUT2D eigenvalue weighted by Gasteiger charge is -2.12. The zero-order chi connectivity index (χ0) is 18.1. The van der Waals surface area contributed by atoms with E-state index < -0.39 is 11.9 Å². The van der Waals surface area contributed by atoms with Crippen molar-refractivity contribution in [3.8, 4) is 11.5 Å². The summed E-state index contributed by atoms with van der Waals surface area (Å²) in [5.41, 5.74) is 0.933. The molecule has 0 radical (unpaired) electrons. The molecule has 0 saturated carbocycles. The maximum Gasteiger partial charge on any atom is 0.338 e. The van der Waals surface area contributed by atoms with Crippen molar-refractivity contribution in [2.75, 3.05) is 25.1 Å². The summed E-state index contributed by atoms with van der Waals surface area (Å²) in [4.78, 5) is 24.0. The Hall–Kier alpha value is -3.02. The zero-order valence-electron chi connectivity index (χ0n) is 14.3. The molecule has 2 aromatic carbocycles. The van der Waals surface area contributed by atoms with E-state index in [-0.39, 0.29) is 6.61 Å². The Labute approximate surface area is 146 Å². The van der Waals surface area contributed by atoms with Gasteiger partial charge in [-0.3, -0.25) is 4.79 Å². The minimum Gasteiger partial charge on any atom is -0.490 e. The van der Waals surface area contributed by atoms with Crippen molar-refractivity contribution in [3.05, 3.63) is 54.1 Å². The number of hydrogen-bond donors (Lipinski definition) is 1. The van der Waals surface area contributed by atoms with Crippen molar-refractivity contribution >= 4 is 17.6 Å². The van der Waals surface area contributed by atoms with Gasteiger partial charge in [0.1, 0.15) is 0 Å². The van der Waals surface area contributed by atoms with Gasteiger partial charge in [0, 0.05) is 5.69 Å². The molecule has 0 aliphatic carbocycles. The van der Waals surface area contributed by atoms with Crippen LogP contribution in [0, 0.1) is 0 Å². The predicted octanol–water partition coefficient (Wildman–Crippen LogP) is 3.28. The minimum atomic E-state index is -0.604. The third-order valence-corrected chi connectivity index (χ3v) is 3.17. The van der Waals surface area contributed by atoms with Crippen molar-refractivity contribution in [1.82, 2.24) is 0 Å². The highest BCUT2D eigenvalue weighted by atomic mass is 16.5. The third kappa shape index (κ3) is 5.53. The monoisotopic (exact) mass is 343 g/mol. The molecular weight excluding hydrogens is 322 g/mol. The average Bonchev–Trinajstić information content (AvgIpc) is 2.62. The molecular formula is C19H21NO5. The van der Waals surface area contributed by atoms with E-state index in [2.05, 4.69) is 5.32 Å². The van der Waals surface area contributed by atoms with Crippen LogP contribution >= 0.6 is 0 Å². The van der Waals surface area contributed by atoms with Crippen molar-refractivity contribution in [2.24, 2.45) is 0 Å². The van der Waals surface area contributed by atoms with E-state index in [1.807, 2.05) is 19.9 Å². The van der Waals surface area contributed by atoms with E-state index in [0.717, 1.165) is 0 Å². The molecule has 1 N–H and O–H groups in total. The number of anilines is 1.